The van der Waals surface area contributed by atoms with Gasteiger partial charge in [-0.15, -0.1) is 0 Å². The van der Waals surface area contributed by atoms with E-state index in [0.717, 1.165) is 44.2 Å². The van der Waals surface area contributed by atoms with Gasteiger partial charge in [-0.05, 0) is 55.8 Å². The van der Waals surface area contributed by atoms with Crippen molar-refractivity contribution in [3.63, 3.8) is 0 Å². The zero-order valence-corrected chi connectivity index (χ0v) is 17.4. The highest BCUT2D eigenvalue weighted by Gasteiger charge is 2.26. The lowest BCUT2D eigenvalue weighted by atomic mass is 10.1. The van der Waals surface area contributed by atoms with Gasteiger partial charge in [0, 0.05) is 44.0 Å². The van der Waals surface area contributed by atoms with E-state index < -0.39 is 0 Å². The van der Waals surface area contributed by atoms with E-state index in [2.05, 4.69) is 21.2 Å². The molecule has 0 radical (unpaired) electrons. The summed E-state index contributed by atoms with van der Waals surface area (Å²) in [5.74, 6) is 1.60. The summed E-state index contributed by atoms with van der Waals surface area (Å²) in [6.07, 6.45) is 0. The van der Waals surface area contributed by atoms with Crippen LogP contribution in [0.2, 0.25) is 0 Å². The first-order valence-electron chi connectivity index (χ1n) is 10.3. The van der Waals surface area contributed by atoms with Crippen LogP contribution in [-0.2, 0) is 11.3 Å². The first-order valence-corrected chi connectivity index (χ1v) is 10.3. The van der Waals surface area contributed by atoms with Crippen molar-refractivity contribution in [1.82, 2.24) is 9.80 Å². The van der Waals surface area contributed by atoms with Crippen LogP contribution >= 0.6 is 0 Å². The van der Waals surface area contributed by atoms with Gasteiger partial charge in [-0.2, -0.15) is 0 Å². The number of carbonyl (C=O) groups is 2. The second-order valence-corrected chi connectivity index (χ2v) is 7.80. The molecule has 2 aromatic carbocycles. The van der Waals surface area contributed by atoms with E-state index in [4.69, 9.17) is 9.47 Å². The summed E-state index contributed by atoms with van der Waals surface area (Å²) in [5.41, 5.74) is 2.55. The second-order valence-electron chi connectivity index (χ2n) is 7.80. The van der Waals surface area contributed by atoms with E-state index >= 15 is 0 Å². The van der Waals surface area contributed by atoms with Crippen molar-refractivity contribution in [3.8, 4) is 11.5 Å². The predicted molar refractivity (Wildman–Crippen MR) is 114 cm³/mol. The fourth-order valence-electron chi connectivity index (χ4n) is 3.81. The quantitative estimate of drug-likeness (QED) is 0.740. The average Bonchev–Trinajstić information content (AvgIpc) is 3.22. The van der Waals surface area contributed by atoms with Gasteiger partial charge in [0.05, 0.1) is 6.04 Å². The van der Waals surface area contributed by atoms with E-state index in [-0.39, 0.29) is 24.5 Å². The van der Waals surface area contributed by atoms with Gasteiger partial charge in [-0.1, -0.05) is 6.07 Å². The molecule has 2 heterocycles. The van der Waals surface area contributed by atoms with Crippen molar-refractivity contribution in [1.29, 1.82) is 0 Å². The Bertz CT molecular complexity index is 921. The number of carbonyl (C=O) groups excluding carboxylic acids is 2. The third-order valence-corrected chi connectivity index (χ3v) is 5.74. The Morgan fingerprint density at radius 1 is 1.00 bits per heavy atom. The summed E-state index contributed by atoms with van der Waals surface area (Å²) < 4.78 is 10.8. The number of piperazine rings is 1. The van der Waals surface area contributed by atoms with Crippen molar-refractivity contribution in [2.45, 2.75) is 26.4 Å². The van der Waals surface area contributed by atoms with Crippen LogP contribution in [0.5, 0.6) is 11.5 Å². The molecule has 1 amide bonds. The molecule has 1 saturated heterocycles. The number of ketones is 1. The number of nitrogens with zero attached hydrogens (tertiary/aromatic N) is 2. The summed E-state index contributed by atoms with van der Waals surface area (Å²) in [4.78, 5) is 28.6. The van der Waals surface area contributed by atoms with Crippen LogP contribution in [0.1, 0.15) is 29.8 Å². The fraction of sp³-hybridized carbons (Fsp3) is 0.391. The lowest BCUT2D eigenvalue weighted by molar-refractivity contribution is -0.121. The molecule has 0 unspecified atom stereocenters. The van der Waals surface area contributed by atoms with Crippen LogP contribution in [0.15, 0.2) is 42.5 Å². The van der Waals surface area contributed by atoms with Crippen LogP contribution in [0, 0.1) is 0 Å². The molecule has 0 bridgehead atoms. The van der Waals surface area contributed by atoms with Crippen molar-refractivity contribution < 1.29 is 19.1 Å². The van der Waals surface area contributed by atoms with Crippen molar-refractivity contribution in [2.75, 3.05) is 38.3 Å². The van der Waals surface area contributed by atoms with Gasteiger partial charge < -0.3 is 14.8 Å². The summed E-state index contributed by atoms with van der Waals surface area (Å²) in [6, 6.07) is 12.9. The lowest BCUT2D eigenvalue weighted by Crippen LogP contribution is -2.52. The minimum absolute atomic E-state index is 0.0138. The Hall–Kier alpha value is -2.90. The van der Waals surface area contributed by atoms with Crippen molar-refractivity contribution >= 4 is 17.4 Å². The minimum atomic E-state index is -0.217. The molecule has 1 atom stereocenters. The van der Waals surface area contributed by atoms with Gasteiger partial charge in [-0.25, -0.2) is 0 Å². The topological polar surface area (TPSA) is 71.1 Å². The zero-order chi connectivity index (χ0) is 21.1. The number of amides is 1. The zero-order valence-electron chi connectivity index (χ0n) is 17.4. The first-order chi connectivity index (χ1) is 14.5. The maximum Gasteiger partial charge on any atom is 0.241 e. The third-order valence-electron chi connectivity index (χ3n) is 5.74. The van der Waals surface area contributed by atoms with Gasteiger partial charge in [-0.3, -0.25) is 19.4 Å². The molecule has 0 saturated carbocycles. The van der Waals surface area contributed by atoms with Crippen LogP contribution in [0.25, 0.3) is 0 Å². The molecule has 7 heteroatoms. The maximum atomic E-state index is 12.7. The highest BCUT2D eigenvalue weighted by atomic mass is 16.7. The fourth-order valence-corrected chi connectivity index (χ4v) is 3.81. The highest BCUT2D eigenvalue weighted by Crippen LogP contribution is 2.32. The molecule has 1 fully saturated rings. The Morgan fingerprint density at radius 3 is 2.40 bits per heavy atom. The Labute approximate surface area is 176 Å². The van der Waals surface area contributed by atoms with E-state index in [1.165, 1.54) is 12.5 Å². The highest BCUT2D eigenvalue weighted by molar-refractivity contribution is 5.97. The van der Waals surface area contributed by atoms with Gasteiger partial charge in [0.25, 0.3) is 0 Å². The van der Waals surface area contributed by atoms with Crippen LogP contribution < -0.4 is 14.8 Å². The van der Waals surface area contributed by atoms with E-state index in [1.54, 1.807) is 24.3 Å². The lowest BCUT2D eigenvalue weighted by Gasteiger charge is -2.37. The van der Waals surface area contributed by atoms with Crippen LogP contribution in [0.4, 0.5) is 5.69 Å². The van der Waals surface area contributed by atoms with Crippen molar-refractivity contribution in [3.05, 3.63) is 53.6 Å². The molecule has 30 heavy (non-hydrogen) atoms. The maximum absolute atomic E-state index is 12.7. The largest absolute Gasteiger partial charge is 0.454 e. The smallest absolute Gasteiger partial charge is 0.241 e. The number of Topliss-reactive ketones (excluding diaryl/α,β-unsaturated/α-hetero) is 1. The van der Waals surface area contributed by atoms with E-state index in [1.807, 2.05) is 19.1 Å². The van der Waals surface area contributed by atoms with Crippen LogP contribution in [0.3, 0.4) is 0 Å². The number of ether oxygens (including phenoxy) is 2. The third kappa shape index (κ3) is 4.63. The standard InChI is InChI=1S/C23H27N3O4/c1-16(23(28)24-20-6-4-19(5-7-20)17(2)27)26-11-9-25(10-12-26)14-18-3-8-21-22(13-18)30-15-29-21/h3-8,13,16H,9-12,14-15H2,1-2H3,(H,24,28)/t16-/m1/s1. The number of hydrogen-bond acceptors (Lipinski definition) is 6. The minimum Gasteiger partial charge on any atom is -0.454 e. The Balaban J connectivity index is 1.26. The molecule has 4 rings (SSSR count). The summed E-state index contributed by atoms with van der Waals surface area (Å²) in [6.45, 7) is 8.09. The average molecular weight is 409 g/mol. The monoisotopic (exact) mass is 409 g/mol. The Kier molecular flexibility index (Phi) is 6.01. The number of benzene rings is 2. The molecule has 2 aromatic rings. The number of anilines is 1. The van der Waals surface area contributed by atoms with E-state index in [0.29, 0.717) is 11.3 Å². The second kappa shape index (κ2) is 8.85. The van der Waals surface area contributed by atoms with Gasteiger partial charge in [0.2, 0.25) is 12.7 Å². The molecule has 1 N–H and O–H groups in total. The first kappa shape index (κ1) is 20.4. The molecular formula is C23H27N3O4. The number of nitrogens with one attached hydrogen (secondary N) is 1. The predicted octanol–water partition coefficient (Wildman–Crippen LogP) is 2.76. The molecule has 2 aliphatic rings. The van der Waals surface area contributed by atoms with Crippen molar-refractivity contribution in [2.24, 2.45) is 0 Å². The summed E-state index contributed by atoms with van der Waals surface area (Å²) in [7, 11) is 0. The SMILES string of the molecule is CC(=O)c1ccc(NC(=O)[C@@H](C)N2CCN(Cc3ccc4c(c3)OCO4)CC2)cc1. The van der Waals surface area contributed by atoms with E-state index in [9.17, 15) is 9.59 Å². The molecule has 7 nitrogen and oxygen atoms in total. The molecule has 2 aliphatic heterocycles. The molecule has 0 aromatic heterocycles. The summed E-state index contributed by atoms with van der Waals surface area (Å²) >= 11 is 0. The normalized spacial score (nSPS) is 17.5. The Morgan fingerprint density at radius 2 is 1.70 bits per heavy atom. The summed E-state index contributed by atoms with van der Waals surface area (Å²) in [5, 5.41) is 2.95. The number of hydrogen-bond donors (Lipinski definition) is 1. The molecule has 0 aliphatic carbocycles. The number of fused-ring (bicyclic) bond motifs is 1. The number of rotatable bonds is 6. The molecule has 158 valence electrons. The molecule has 0 spiro atoms. The van der Waals surface area contributed by atoms with Crippen LogP contribution in [-0.4, -0.2) is 60.5 Å². The van der Waals surface area contributed by atoms with Gasteiger partial charge >= 0.3 is 0 Å². The molecular weight excluding hydrogens is 382 g/mol. The van der Waals surface area contributed by atoms with Gasteiger partial charge in [0.1, 0.15) is 0 Å². The van der Waals surface area contributed by atoms with Gasteiger partial charge in [0.15, 0.2) is 17.3 Å².